The molecule has 2 N–H and O–H groups in total. The summed E-state index contributed by atoms with van der Waals surface area (Å²) in [7, 11) is 0. The van der Waals surface area contributed by atoms with Crippen LogP contribution >= 0.6 is 11.3 Å². The first-order chi connectivity index (χ1) is 10.2. The van der Waals surface area contributed by atoms with Gasteiger partial charge in [-0.25, -0.2) is 0 Å². The number of rotatable bonds is 5. The van der Waals surface area contributed by atoms with Crippen molar-refractivity contribution < 1.29 is 4.79 Å². The third kappa shape index (κ3) is 3.63. The summed E-state index contributed by atoms with van der Waals surface area (Å²) in [5.41, 5.74) is 0. The number of nitrogens with one attached hydrogen (secondary N) is 2. The van der Waals surface area contributed by atoms with Crippen LogP contribution in [-0.2, 0) is 4.79 Å². The van der Waals surface area contributed by atoms with Crippen LogP contribution in [0.25, 0.3) is 10.1 Å². The molecule has 0 aliphatic carbocycles. The Labute approximate surface area is 129 Å². The summed E-state index contributed by atoms with van der Waals surface area (Å²) in [6.45, 7) is 4.24. The van der Waals surface area contributed by atoms with E-state index in [9.17, 15) is 4.79 Å². The SMILES string of the molecule is CC(NC(=O)CCC1CCNC1)c1cc2ccccc2s1. The lowest BCUT2D eigenvalue weighted by molar-refractivity contribution is -0.122. The second kappa shape index (κ2) is 6.58. The monoisotopic (exact) mass is 302 g/mol. The van der Waals surface area contributed by atoms with Gasteiger partial charge in [-0.2, -0.15) is 0 Å². The van der Waals surface area contributed by atoms with Gasteiger partial charge in [-0.05, 0) is 56.3 Å². The maximum absolute atomic E-state index is 12.1. The number of benzene rings is 1. The van der Waals surface area contributed by atoms with Crippen molar-refractivity contribution in [1.82, 2.24) is 10.6 Å². The molecular weight excluding hydrogens is 280 g/mol. The van der Waals surface area contributed by atoms with E-state index in [0.29, 0.717) is 12.3 Å². The second-order valence-electron chi connectivity index (χ2n) is 5.87. The third-order valence-electron chi connectivity index (χ3n) is 4.19. The lowest BCUT2D eigenvalue weighted by atomic mass is 10.0. The zero-order chi connectivity index (χ0) is 14.7. The number of carbonyl (C=O) groups excluding carboxylic acids is 1. The fourth-order valence-corrected chi connectivity index (χ4v) is 3.96. The summed E-state index contributed by atoms with van der Waals surface area (Å²) in [4.78, 5) is 13.3. The third-order valence-corrected chi connectivity index (χ3v) is 5.49. The molecule has 4 heteroatoms. The molecule has 21 heavy (non-hydrogen) atoms. The lowest BCUT2D eigenvalue weighted by Crippen LogP contribution is -2.26. The summed E-state index contributed by atoms with van der Waals surface area (Å²) in [6.07, 6.45) is 2.85. The number of amides is 1. The molecule has 1 fully saturated rings. The fourth-order valence-electron chi connectivity index (χ4n) is 2.90. The molecule has 3 rings (SSSR count). The van der Waals surface area contributed by atoms with E-state index in [4.69, 9.17) is 0 Å². The summed E-state index contributed by atoms with van der Waals surface area (Å²) in [5.74, 6) is 0.849. The van der Waals surface area contributed by atoms with Crippen LogP contribution in [0.1, 0.15) is 37.1 Å². The van der Waals surface area contributed by atoms with E-state index in [1.807, 2.05) is 0 Å². The molecule has 1 amide bonds. The summed E-state index contributed by atoms with van der Waals surface area (Å²) < 4.78 is 1.28. The zero-order valence-corrected chi connectivity index (χ0v) is 13.2. The van der Waals surface area contributed by atoms with Crippen LogP contribution in [-0.4, -0.2) is 19.0 Å². The Morgan fingerprint density at radius 2 is 2.33 bits per heavy atom. The Bertz CT molecular complexity index is 583. The van der Waals surface area contributed by atoms with Crippen molar-refractivity contribution in [3.05, 3.63) is 35.2 Å². The predicted molar refractivity (Wildman–Crippen MR) is 88.6 cm³/mol. The van der Waals surface area contributed by atoms with Crippen molar-refractivity contribution in [3.8, 4) is 0 Å². The molecule has 0 radical (unpaired) electrons. The molecule has 1 aliphatic rings. The van der Waals surface area contributed by atoms with E-state index in [-0.39, 0.29) is 11.9 Å². The Morgan fingerprint density at radius 3 is 3.10 bits per heavy atom. The number of hydrogen-bond donors (Lipinski definition) is 2. The number of fused-ring (bicyclic) bond motifs is 1. The molecule has 2 heterocycles. The Morgan fingerprint density at radius 1 is 1.48 bits per heavy atom. The van der Waals surface area contributed by atoms with Gasteiger partial charge in [0.2, 0.25) is 5.91 Å². The van der Waals surface area contributed by atoms with Gasteiger partial charge in [0.1, 0.15) is 0 Å². The average Bonchev–Trinajstić information content (AvgIpc) is 3.14. The molecule has 1 saturated heterocycles. The molecule has 2 unspecified atom stereocenters. The average molecular weight is 302 g/mol. The predicted octanol–water partition coefficient (Wildman–Crippen LogP) is 3.47. The summed E-state index contributed by atoms with van der Waals surface area (Å²) in [6, 6.07) is 10.6. The van der Waals surface area contributed by atoms with E-state index >= 15 is 0 Å². The quantitative estimate of drug-likeness (QED) is 0.888. The Balaban J connectivity index is 1.54. The maximum atomic E-state index is 12.1. The highest BCUT2D eigenvalue weighted by Crippen LogP contribution is 2.29. The first-order valence-corrected chi connectivity index (χ1v) is 8.52. The van der Waals surface area contributed by atoms with Crippen molar-refractivity contribution in [1.29, 1.82) is 0 Å². The van der Waals surface area contributed by atoms with Crippen LogP contribution in [0.2, 0.25) is 0 Å². The first-order valence-electron chi connectivity index (χ1n) is 7.71. The van der Waals surface area contributed by atoms with Crippen molar-refractivity contribution in [2.24, 2.45) is 5.92 Å². The van der Waals surface area contributed by atoms with Gasteiger partial charge < -0.3 is 10.6 Å². The van der Waals surface area contributed by atoms with E-state index in [1.54, 1.807) is 11.3 Å². The summed E-state index contributed by atoms with van der Waals surface area (Å²) >= 11 is 1.77. The first kappa shape index (κ1) is 14.5. The molecule has 1 aliphatic heterocycles. The van der Waals surface area contributed by atoms with E-state index in [2.05, 4.69) is 47.9 Å². The van der Waals surface area contributed by atoms with Gasteiger partial charge in [-0.3, -0.25) is 4.79 Å². The molecule has 1 aromatic heterocycles. The van der Waals surface area contributed by atoms with Crippen molar-refractivity contribution in [2.45, 2.75) is 32.2 Å². The van der Waals surface area contributed by atoms with Gasteiger partial charge in [0.05, 0.1) is 6.04 Å². The van der Waals surface area contributed by atoms with Crippen LogP contribution in [0.15, 0.2) is 30.3 Å². The van der Waals surface area contributed by atoms with E-state index in [1.165, 1.54) is 21.4 Å². The highest BCUT2D eigenvalue weighted by atomic mass is 32.1. The second-order valence-corrected chi connectivity index (χ2v) is 6.99. The molecule has 2 atom stereocenters. The van der Waals surface area contributed by atoms with Crippen LogP contribution in [0.3, 0.4) is 0 Å². The van der Waals surface area contributed by atoms with Gasteiger partial charge in [0.15, 0.2) is 0 Å². The number of carbonyl (C=O) groups is 1. The van der Waals surface area contributed by atoms with Gasteiger partial charge in [0.25, 0.3) is 0 Å². The van der Waals surface area contributed by atoms with E-state index in [0.717, 1.165) is 19.5 Å². The minimum atomic E-state index is 0.0941. The van der Waals surface area contributed by atoms with Gasteiger partial charge in [-0.1, -0.05) is 18.2 Å². The molecule has 2 aromatic rings. The molecular formula is C17H22N2OS. The van der Waals surface area contributed by atoms with Crippen LogP contribution < -0.4 is 10.6 Å². The summed E-state index contributed by atoms with van der Waals surface area (Å²) in [5, 5.41) is 7.74. The standard InChI is InChI=1S/C17H22N2OS/c1-12(16-10-14-4-2-3-5-15(14)21-16)19-17(20)7-6-13-8-9-18-11-13/h2-5,10,12-13,18H,6-9,11H2,1H3,(H,19,20). The highest BCUT2D eigenvalue weighted by molar-refractivity contribution is 7.19. The smallest absolute Gasteiger partial charge is 0.220 e. The number of hydrogen-bond acceptors (Lipinski definition) is 3. The van der Waals surface area contributed by atoms with Gasteiger partial charge in [-0.15, -0.1) is 11.3 Å². The van der Waals surface area contributed by atoms with Crippen molar-refractivity contribution in [2.75, 3.05) is 13.1 Å². The molecule has 3 nitrogen and oxygen atoms in total. The van der Waals surface area contributed by atoms with Crippen molar-refractivity contribution >= 4 is 27.3 Å². The Kier molecular flexibility index (Phi) is 4.56. The highest BCUT2D eigenvalue weighted by Gasteiger charge is 2.17. The van der Waals surface area contributed by atoms with Gasteiger partial charge >= 0.3 is 0 Å². The van der Waals surface area contributed by atoms with Crippen molar-refractivity contribution in [3.63, 3.8) is 0 Å². The largest absolute Gasteiger partial charge is 0.349 e. The Hall–Kier alpha value is -1.39. The number of thiophene rings is 1. The molecule has 112 valence electrons. The normalized spacial score (nSPS) is 19.8. The molecule has 1 aromatic carbocycles. The van der Waals surface area contributed by atoms with Crippen LogP contribution in [0.5, 0.6) is 0 Å². The lowest BCUT2D eigenvalue weighted by Gasteiger charge is -2.13. The van der Waals surface area contributed by atoms with Gasteiger partial charge in [0, 0.05) is 16.0 Å². The van der Waals surface area contributed by atoms with E-state index < -0.39 is 0 Å². The maximum Gasteiger partial charge on any atom is 0.220 e. The fraction of sp³-hybridized carbons (Fsp3) is 0.471. The molecule has 0 bridgehead atoms. The minimum absolute atomic E-state index is 0.0941. The van der Waals surface area contributed by atoms with Crippen LogP contribution in [0.4, 0.5) is 0 Å². The topological polar surface area (TPSA) is 41.1 Å². The van der Waals surface area contributed by atoms with Crippen LogP contribution in [0, 0.1) is 5.92 Å². The molecule has 0 spiro atoms. The minimum Gasteiger partial charge on any atom is -0.349 e. The molecule has 0 saturated carbocycles. The zero-order valence-electron chi connectivity index (χ0n) is 12.4.